The number of anilines is 1. The van der Waals surface area contributed by atoms with E-state index in [1.807, 2.05) is 38.1 Å². The van der Waals surface area contributed by atoms with Crippen LogP contribution in [0.3, 0.4) is 0 Å². The maximum atomic E-state index is 13.8. The van der Waals surface area contributed by atoms with Crippen molar-refractivity contribution in [1.29, 1.82) is 0 Å². The van der Waals surface area contributed by atoms with E-state index in [0.29, 0.717) is 5.52 Å². The minimum atomic E-state index is -3.84. The maximum Gasteiger partial charge on any atom is 0.284 e. The molecule has 2 heterocycles. The van der Waals surface area contributed by atoms with Crippen molar-refractivity contribution < 1.29 is 27.9 Å². The zero-order valence-electron chi connectivity index (χ0n) is 24.4. The number of aliphatic hydroxyl groups is 1. The molecule has 1 aliphatic rings. The Balaban J connectivity index is 1.51. The van der Waals surface area contributed by atoms with Crippen molar-refractivity contribution in [3.05, 3.63) is 82.9 Å². The molecule has 0 saturated carbocycles. The highest BCUT2D eigenvalue weighted by Gasteiger charge is 2.36. The van der Waals surface area contributed by atoms with Crippen LogP contribution in [0.4, 0.5) is 5.69 Å². The number of aryl methyl sites for hydroxylation is 1. The molecule has 0 bridgehead atoms. The highest BCUT2D eigenvalue weighted by molar-refractivity contribution is 7.89. The summed E-state index contributed by atoms with van der Waals surface area (Å²) in [7, 11) is -2.35. The van der Waals surface area contributed by atoms with E-state index < -0.39 is 28.1 Å². The zero-order valence-corrected chi connectivity index (χ0v) is 26.0. The Bertz CT molecular complexity index is 1720. The standard InChI is InChI=1S/C31H34N4O6S2/c1-19-12-14-22(15-13-19)43(39,40)34(4)17-26-20(2)16-35(21(3)18-36)31(38)23-8-7-10-25(28(23)41-26)32-29(37)30-33-24-9-5-6-11-27(24)42-30/h5-15,20-21,26,36H,16-18H2,1-4H3,(H,32,37)/t20-,21+,26-/m1/s1. The van der Waals surface area contributed by atoms with Gasteiger partial charge in [0.1, 0.15) is 6.10 Å². The van der Waals surface area contributed by atoms with Gasteiger partial charge in [0.05, 0.1) is 45.6 Å². The molecule has 10 nitrogen and oxygen atoms in total. The van der Waals surface area contributed by atoms with E-state index in [1.165, 1.54) is 22.7 Å². The number of ether oxygens (including phenoxy) is 1. The van der Waals surface area contributed by atoms with Crippen LogP contribution in [0.2, 0.25) is 0 Å². The van der Waals surface area contributed by atoms with Crippen molar-refractivity contribution in [1.82, 2.24) is 14.2 Å². The van der Waals surface area contributed by atoms with Gasteiger partial charge in [-0.2, -0.15) is 4.31 Å². The number of thiazole rings is 1. The molecule has 5 rings (SSSR count). The second-order valence-corrected chi connectivity index (χ2v) is 13.9. The van der Waals surface area contributed by atoms with Gasteiger partial charge >= 0.3 is 0 Å². The zero-order chi connectivity index (χ0) is 30.9. The summed E-state index contributed by atoms with van der Waals surface area (Å²) in [6.45, 7) is 5.45. The van der Waals surface area contributed by atoms with Gasteiger partial charge in [-0.15, -0.1) is 11.3 Å². The largest absolute Gasteiger partial charge is 0.486 e. The third kappa shape index (κ3) is 6.28. The Morgan fingerprint density at radius 3 is 2.58 bits per heavy atom. The molecule has 0 radical (unpaired) electrons. The van der Waals surface area contributed by atoms with E-state index in [2.05, 4.69) is 10.3 Å². The van der Waals surface area contributed by atoms with Gasteiger partial charge < -0.3 is 20.1 Å². The van der Waals surface area contributed by atoms with Crippen molar-refractivity contribution in [3.63, 3.8) is 0 Å². The number of aliphatic hydroxyl groups excluding tert-OH is 1. The topological polar surface area (TPSA) is 129 Å². The summed E-state index contributed by atoms with van der Waals surface area (Å²) in [4.78, 5) is 33.2. The van der Waals surface area contributed by atoms with Gasteiger partial charge in [-0.05, 0) is 50.2 Å². The first-order valence-corrected chi connectivity index (χ1v) is 16.2. The van der Waals surface area contributed by atoms with E-state index in [1.54, 1.807) is 54.3 Å². The molecule has 0 fully saturated rings. The quantitative estimate of drug-likeness (QED) is 0.298. The predicted molar refractivity (Wildman–Crippen MR) is 166 cm³/mol. The second-order valence-electron chi connectivity index (χ2n) is 10.8. The van der Waals surface area contributed by atoms with Gasteiger partial charge in [-0.25, -0.2) is 13.4 Å². The fraction of sp³-hybridized carbons (Fsp3) is 0.323. The summed E-state index contributed by atoms with van der Waals surface area (Å²) in [6.07, 6.45) is -0.703. The van der Waals surface area contributed by atoms with Crippen molar-refractivity contribution >= 4 is 49.1 Å². The molecule has 3 aromatic carbocycles. The third-order valence-corrected chi connectivity index (χ3v) is 10.5. The van der Waals surface area contributed by atoms with E-state index in [9.17, 15) is 23.1 Å². The lowest BCUT2D eigenvalue weighted by molar-refractivity contribution is 0.0388. The van der Waals surface area contributed by atoms with E-state index in [-0.39, 0.29) is 58.4 Å². The normalized spacial score (nSPS) is 18.1. The van der Waals surface area contributed by atoms with Crippen molar-refractivity contribution in [2.75, 3.05) is 32.1 Å². The molecular formula is C31H34N4O6S2. The number of carbonyl (C=O) groups is 2. The number of fused-ring (bicyclic) bond motifs is 2. The fourth-order valence-electron chi connectivity index (χ4n) is 4.95. The Kier molecular flexibility index (Phi) is 8.84. The van der Waals surface area contributed by atoms with Crippen LogP contribution in [0.5, 0.6) is 5.75 Å². The van der Waals surface area contributed by atoms with Crippen LogP contribution in [0, 0.1) is 12.8 Å². The number of likely N-dealkylation sites (N-methyl/N-ethyl adjacent to an activating group) is 1. The van der Waals surface area contributed by atoms with Gasteiger partial charge in [-0.3, -0.25) is 9.59 Å². The lowest BCUT2D eigenvalue weighted by Crippen LogP contribution is -2.50. The molecule has 0 aliphatic carbocycles. The molecule has 2 amide bonds. The van der Waals surface area contributed by atoms with Crippen molar-refractivity contribution in [3.8, 4) is 5.75 Å². The number of nitrogens with one attached hydrogen (secondary N) is 1. The molecule has 0 saturated heterocycles. The van der Waals surface area contributed by atoms with Crippen molar-refractivity contribution in [2.24, 2.45) is 5.92 Å². The monoisotopic (exact) mass is 622 g/mol. The summed E-state index contributed by atoms with van der Waals surface area (Å²) >= 11 is 1.25. The summed E-state index contributed by atoms with van der Waals surface area (Å²) in [6, 6.07) is 18.4. The Morgan fingerprint density at radius 2 is 1.88 bits per heavy atom. The minimum Gasteiger partial charge on any atom is -0.486 e. The number of carbonyl (C=O) groups excluding carboxylic acids is 2. The number of para-hydroxylation sites is 2. The van der Waals surface area contributed by atoms with Gasteiger partial charge in [0, 0.05) is 19.5 Å². The molecule has 2 N–H and O–H groups in total. The molecule has 0 spiro atoms. The number of amides is 2. The molecule has 3 atom stereocenters. The predicted octanol–water partition coefficient (Wildman–Crippen LogP) is 4.40. The lowest BCUT2D eigenvalue weighted by atomic mass is 9.99. The first-order chi connectivity index (χ1) is 20.5. The van der Waals surface area contributed by atoms with Crippen molar-refractivity contribution in [2.45, 2.75) is 37.8 Å². The van der Waals surface area contributed by atoms with Crippen LogP contribution in [0.15, 0.2) is 71.6 Å². The molecular weight excluding hydrogens is 588 g/mol. The summed E-state index contributed by atoms with van der Waals surface area (Å²) in [5, 5.41) is 13.1. The number of hydrogen-bond acceptors (Lipinski definition) is 8. The molecule has 0 unspecified atom stereocenters. The summed E-state index contributed by atoms with van der Waals surface area (Å²) < 4.78 is 35.5. The smallest absolute Gasteiger partial charge is 0.284 e. The van der Waals surface area contributed by atoms with Gasteiger partial charge in [0.25, 0.3) is 11.8 Å². The molecule has 43 heavy (non-hydrogen) atoms. The van der Waals surface area contributed by atoms with Crippen LogP contribution < -0.4 is 10.1 Å². The van der Waals surface area contributed by atoms with E-state index >= 15 is 0 Å². The summed E-state index contributed by atoms with van der Waals surface area (Å²) in [5.74, 6) is -1.03. The van der Waals surface area contributed by atoms with Crippen LogP contribution >= 0.6 is 11.3 Å². The van der Waals surface area contributed by atoms with Crippen LogP contribution in [0.25, 0.3) is 10.2 Å². The van der Waals surface area contributed by atoms with E-state index in [4.69, 9.17) is 4.74 Å². The minimum absolute atomic E-state index is 0.0213. The Labute approximate surface area is 255 Å². The Hall–Kier alpha value is -3.84. The lowest BCUT2D eigenvalue weighted by Gasteiger charge is -2.38. The summed E-state index contributed by atoms with van der Waals surface area (Å²) in [5.41, 5.74) is 2.10. The average molecular weight is 623 g/mol. The highest BCUT2D eigenvalue weighted by atomic mass is 32.2. The van der Waals surface area contributed by atoms with Gasteiger partial charge in [0.15, 0.2) is 10.8 Å². The van der Waals surface area contributed by atoms with Crippen LogP contribution in [-0.4, -0.2) is 78.4 Å². The van der Waals surface area contributed by atoms with E-state index in [0.717, 1.165) is 10.3 Å². The van der Waals surface area contributed by atoms with Gasteiger partial charge in [0.2, 0.25) is 10.0 Å². The molecule has 1 aliphatic heterocycles. The van der Waals surface area contributed by atoms with Crippen LogP contribution in [-0.2, 0) is 10.0 Å². The molecule has 4 aromatic rings. The first kappa shape index (κ1) is 30.6. The second kappa shape index (κ2) is 12.4. The number of rotatable bonds is 8. The van der Waals surface area contributed by atoms with Gasteiger partial charge in [-0.1, -0.05) is 42.8 Å². The average Bonchev–Trinajstić information content (AvgIpc) is 3.44. The molecule has 12 heteroatoms. The maximum absolute atomic E-state index is 13.8. The fourth-order valence-corrected chi connectivity index (χ4v) is 6.99. The molecule has 226 valence electrons. The number of hydrogen-bond donors (Lipinski definition) is 2. The number of benzene rings is 3. The number of nitrogens with zero attached hydrogens (tertiary/aromatic N) is 3. The third-order valence-electron chi connectivity index (χ3n) is 7.59. The molecule has 1 aromatic heterocycles. The number of aromatic nitrogens is 1. The number of sulfonamides is 1. The Morgan fingerprint density at radius 1 is 1.16 bits per heavy atom. The highest BCUT2D eigenvalue weighted by Crippen LogP contribution is 2.36. The van der Waals surface area contributed by atoms with Crippen LogP contribution in [0.1, 0.15) is 39.6 Å². The SMILES string of the molecule is Cc1ccc(S(=O)(=O)N(C)C[C@H]2Oc3c(NC(=O)c4nc5ccccc5s4)cccc3C(=O)N([C@@H](C)CO)C[C@H]2C)cc1. The first-order valence-electron chi connectivity index (χ1n) is 13.9.